The van der Waals surface area contributed by atoms with E-state index in [1.807, 2.05) is 29.7 Å². The number of hydrogen-bond donors (Lipinski definition) is 3. The Morgan fingerprint density at radius 1 is 0.797 bits per heavy atom. The first-order valence-electron chi connectivity index (χ1n) is 25.0. The van der Waals surface area contributed by atoms with Crippen LogP contribution in [0.2, 0.25) is 0 Å². The maximum Gasteiger partial charge on any atom is 0.224 e. The van der Waals surface area contributed by atoms with Gasteiger partial charge in [-0.15, -0.1) is 0 Å². The molecule has 4 aliphatic heterocycles. The monoisotopic (exact) mass is 893 g/mol. The summed E-state index contributed by atoms with van der Waals surface area (Å²) in [5, 5.41) is 18.0. The van der Waals surface area contributed by atoms with Gasteiger partial charge in [-0.1, -0.05) is 30.3 Å². The Kier molecular flexibility index (Phi) is 19.5. The summed E-state index contributed by atoms with van der Waals surface area (Å²) in [6.45, 7) is 20.0. The molecule has 1 saturated carbocycles. The third-order valence-electron chi connectivity index (χ3n) is 15.4. The fraction of sp³-hybridized carbons (Fsp3) is 0.800. The Balaban J connectivity index is 0.803. The summed E-state index contributed by atoms with van der Waals surface area (Å²) in [5.74, 6) is 1.73. The Bertz CT molecular complexity index is 1600. The minimum atomic E-state index is 0.0279. The largest absolute Gasteiger partial charge is 0.379 e. The first kappa shape index (κ1) is 50.4. The van der Waals surface area contributed by atoms with Crippen LogP contribution in [0.1, 0.15) is 123 Å². The molecule has 4 saturated heterocycles. The van der Waals surface area contributed by atoms with Crippen molar-refractivity contribution in [2.75, 3.05) is 105 Å². The van der Waals surface area contributed by atoms with Gasteiger partial charge in [0.1, 0.15) is 5.84 Å². The van der Waals surface area contributed by atoms with Gasteiger partial charge in [-0.25, -0.2) is 0 Å². The predicted octanol–water partition coefficient (Wildman–Crippen LogP) is 6.18. The Labute approximate surface area is 385 Å². The van der Waals surface area contributed by atoms with Gasteiger partial charge in [0.2, 0.25) is 11.8 Å². The van der Waals surface area contributed by atoms with Gasteiger partial charge in [-0.05, 0) is 129 Å². The van der Waals surface area contributed by atoms with Gasteiger partial charge in [0, 0.05) is 81.3 Å². The molecule has 360 valence electrons. The number of hydrogen-bond acceptors (Lipinski definition) is 11. The number of carbonyl (C=O) groups is 2. The lowest BCUT2D eigenvalue weighted by Gasteiger charge is -2.54. The van der Waals surface area contributed by atoms with Crippen LogP contribution >= 0.6 is 0 Å². The molecule has 4 N–H and O–H groups in total. The van der Waals surface area contributed by atoms with Gasteiger partial charge in [-0.2, -0.15) is 0 Å². The van der Waals surface area contributed by atoms with E-state index in [1.54, 1.807) is 0 Å². The SMILES string of the molecule is CCOCCOCCOCCOCCC(=O)N1CC2(CCN(CCCC(=O)N3CCC4(CC3)CC(C(=N)N(C(C)=N)C(C)CC3CCC(C)N3CCC(N)c3ccccc3)C4)CC2)C1. The molecule has 4 atom stereocenters. The predicted molar refractivity (Wildman–Crippen MR) is 253 cm³/mol. The molecule has 4 heterocycles. The van der Waals surface area contributed by atoms with E-state index in [4.69, 9.17) is 30.1 Å². The maximum atomic E-state index is 13.3. The highest BCUT2D eigenvalue weighted by atomic mass is 16.6. The number of carbonyl (C=O) groups excluding carboxylic acids is 2. The maximum absolute atomic E-state index is 13.3. The number of nitrogens with one attached hydrogen (secondary N) is 2. The van der Waals surface area contributed by atoms with Crippen LogP contribution in [-0.2, 0) is 28.5 Å². The van der Waals surface area contributed by atoms with E-state index in [1.165, 1.54) is 12.0 Å². The van der Waals surface area contributed by atoms with Crippen molar-refractivity contribution in [1.82, 2.24) is 24.5 Å². The molecule has 5 fully saturated rings. The second kappa shape index (κ2) is 24.7. The first-order chi connectivity index (χ1) is 30.9. The molecule has 2 spiro atoms. The van der Waals surface area contributed by atoms with Crippen molar-refractivity contribution in [3.8, 4) is 0 Å². The molecule has 64 heavy (non-hydrogen) atoms. The van der Waals surface area contributed by atoms with Gasteiger partial charge >= 0.3 is 0 Å². The Morgan fingerprint density at radius 3 is 2.02 bits per heavy atom. The highest BCUT2D eigenvalue weighted by Crippen LogP contribution is 2.53. The highest BCUT2D eigenvalue weighted by molar-refractivity contribution is 5.98. The van der Waals surface area contributed by atoms with Crippen LogP contribution in [0.4, 0.5) is 0 Å². The Morgan fingerprint density at radius 2 is 1.39 bits per heavy atom. The number of benzene rings is 1. The fourth-order valence-electron chi connectivity index (χ4n) is 11.4. The second-order valence-electron chi connectivity index (χ2n) is 20.0. The lowest BCUT2D eigenvalue weighted by molar-refractivity contribution is -0.148. The van der Waals surface area contributed by atoms with Crippen molar-refractivity contribution in [1.29, 1.82) is 10.8 Å². The number of ether oxygens (including phenoxy) is 4. The minimum Gasteiger partial charge on any atom is -0.379 e. The van der Waals surface area contributed by atoms with Crippen LogP contribution < -0.4 is 5.73 Å². The number of amidine groups is 2. The van der Waals surface area contributed by atoms with E-state index < -0.39 is 0 Å². The summed E-state index contributed by atoms with van der Waals surface area (Å²) < 4.78 is 21.8. The molecule has 1 aliphatic carbocycles. The molecule has 14 nitrogen and oxygen atoms in total. The molecular formula is C50H84N8O6. The summed E-state index contributed by atoms with van der Waals surface area (Å²) in [4.78, 5) is 37.3. The average Bonchev–Trinajstić information content (AvgIpc) is 3.61. The summed E-state index contributed by atoms with van der Waals surface area (Å²) in [7, 11) is 0. The zero-order chi connectivity index (χ0) is 45.5. The van der Waals surface area contributed by atoms with E-state index in [0.717, 1.165) is 117 Å². The molecule has 0 bridgehead atoms. The smallest absolute Gasteiger partial charge is 0.224 e. The number of piperidine rings is 2. The zero-order valence-corrected chi connectivity index (χ0v) is 40.0. The summed E-state index contributed by atoms with van der Waals surface area (Å²) in [6, 6.07) is 11.5. The fourth-order valence-corrected chi connectivity index (χ4v) is 11.4. The van der Waals surface area contributed by atoms with Crippen LogP contribution in [0.15, 0.2) is 30.3 Å². The van der Waals surface area contributed by atoms with Gasteiger partial charge in [0.25, 0.3) is 0 Å². The second-order valence-corrected chi connectivity index (χ2v) is 20.0. The summed E-state index contributed by atoms with van der Waals surface area (Å²) in [6.07, 6.45) is 12.3. The quantitative estimate of drug-likeness (QED) is 0.0588. The lowest BCUT2D eigenvalue weighted by atomic mass is 9.57. The molecule has 0 aromatic heterocycles. The normalized spacial score (nSPS) is 23.2. The van der Waals surface area contributed by atoms with Crippen molar-refractivity contribution in [2.45, 2.75) is 135 Å². The van der Waals surface area contributed by atoms with Crippen molar-refractivity contribution in [3.63, 3.8) is 0 Å². The number of rotatable bonds is 25. The van der Waals surface area contributed by atoms with Crippen molar-refractivity contribution < 1.29 is 28.5 Å². The standard InChI is InChI=1S/C50H84N8O6/c1-5-61-28-29-63-32-33-64-31-30-62-27-16-47(60)56-37-50(38-56)17-23-54(24-18-50)21-9-12-46(59)55-25-19-49(20-26-55)35-43(36-49)48(53)58(41(4)51)40(3)34-44-14-13-39(2)57(44)22-15-45(52)42-10-7-6-8-11-42/h6-8,10-11,39-40,43-45,51,53H,5,9,12-38,52H2,1-4H3. The van der Waals surface area contributed by atoms with Gasteiger partial charge in [0.05, 0.1) is 58.5 Å². The van der Waals surface area contributed by atoms with Crippen LogP contribution in [-0.4, -0.2) is 171 Å². The summed E-state index contributed by atoms with van der Waals surface area (Å²) >= 11 is 0. The third kappa shape index (κ3) is 14.0. The molecule has 1 aromatic rings. The molecule has 0 radical (unpaired) electrons. The molecule has 5 aliphatic rings. The topological polar surface area (TPSA) is 161 Å². The van der Waals surface area contributed by atoms with Crippen LogP contribution in [0.25, 0.3) is 0 Å². The van der Waals surface area contributed by atoms with Crippen molar-refractivity contribution in [2.24, 2.45) is 22.5 Å². The number of amides is 2. The van der Waals surface area contributed by atoms with E-state index in [0.29, 0.717) is 89.5 Å². The van der Waals surface area contributed by atoms with E-state index in [-0.39, 0.29) is 40.6 Å². The molecule has 6 rings (SSSR count). The third-order valence-corrected chi connectivity index (χ3v) is 15.4. The highest BCUT2D eigenvalue weighted by Gasteiger charge is 2.50. The molecule has 2 amide bonds. The minimum absolute atomic E-state index is 0.0279. The number of nitrogens with zero attached hydrogens (tertiary/aromatic N) is 5. The van der Waals surface area contributed by atoms with E-state index >= 15 is 0 Å². The Hall–Kier alpha value is -2.98. The zero-order valence-electron chi connectivity index (χ0n) is 40.0. The van der Waals surface area contributed by atoms with E-state index in [2.05, 4.69) is 52.8 Å². The van der Waals surface area contributed by atoms with E-state index in [9.17, 15) is 15.0 Å². The average molecular weight is 893 g/mol. The van der Waals surface area contributed by atoms with Crippen molar-refractivity contribution in [3.05, 3.63) is 35.9 Å². The van der Waals surface area contributed by atoms with Gasteiger partial charge in [0.15, 0.2) is 0 Å². The molecule has 14 heteroatoms. The van der Waals surface area contributed by atoms with Gasteiger partial charge in [-0.3, -0.25) is 25.3 Å². The molecule has 1 aromatic carbocycles. The van der Waals surface area contributed by atoms with Crippen LogP contribution in [0.3, 0.4) is 0 Å². The molecule has 4 unspecified atom stereocenters. The number of likely N-dealkylation sites (tertiary alicyclic amines) is 4. The number of nitrogens with two attached hydrogens (primary N) is 1. The van der Waals surface area contributed by atoms with Crippen LogP contribution in [0.5, 0.6) is 0 Å². The summed E-state index contributed by atoms with van der Waals surface area (Å²) in [5.41, 5.74) is 8.27. The first-order valence-corrected chi connectivity index (χ1v) is 25.0. The van der Waals surface area contributed by atoms with Gasteiger partial charge < -0.3 is 44.3 Å². The van der Waals surface area contributed by atoms with Crippen LogP contribution in [0, 0.1) is 27.6 Å². The molecular weight excluding hydrogens is 809 g/mol. The lowest BCUT2D eigenvalue weighted by Crippen LogP contribution is -2.62. The van der Waals surface area contributed by atoms with Crippen molar-refractivity contribution >= 4 is 23.5 Å².